The molecule has 0 aliphatic carbocycles. The molecular formula is C17H28N2O. The van der Waals surface area contributed by atoms with Crippen LogP contribution < -0.4 is 5.32 Å². The molecule has 0 aromatic heterocycles. The van der Waals surface area contributed by atoms with Crippen LogP contribution in [0.4, 0.5) is 0 Å². The Bertz CT molecular complexity index is 408. The van der Waals surface area contributed by atoms with Gasteiger partial charge in [-0.3, -0.25) is 4.90 Å². The average Bonchev–Trinajstić information content (AvgIpc) is 2.45. The highest BCUT2D eigenvalue weighted by Gasteiger charge is 2.18. The van der Waals surface area contributed by atoms with E-state index in [9.17, 15) is 5.11 Å². The summed E-state index contributed by atoms with van der Waals surface area (Å²) < 4.78 is 0. The van der Waals surface area contributed by atoms with Crippen molar-refractivity contribution in [3.63, 3.8) is 0 Å². The maximum atomic E-state index is 10.2. The zero-order valence-corrected chi connectivity index (χ0v) is 12.8. The second kappa shape index (κ2) is 7.77. The van der Waals surface area contributed by atoms with Crippen LogP contribution in [-0.4, -0.2) is 41.8 Å². The van der Waals surface area contributed by atoms with Gasteiger partial charge in [0.1, 0.15) is 0 Å². The van der Waals surface area contributed by atoms with Crippen LogP contribution in [0.25, 0.3) is 0 Å². The predicted molar refractivity (Wildman–Crippen MR) is 83.8 cm³/mol. The van der Waals surface area contributed by atoms with Crippen molar-refractivity contribution in [3.05, 3.63) is 35.4 Å². The van der Waals surface area contributed by atoms with E-state index in [2.05, 4.69) is 48.3 Å². The van der Waals surface area contributed by atoms with Crippen molar-refractivity contribution in [1.82, 2.24) is 10.2 Å². The minimum Gasteiger partial charge on any atom is -0.390 e. The largest absolute Gasteiger partial charge is 0.390 e. The fourth-order valence-electron chi connectivity index (χ4n) is 2.94. The molecule has 1 aromatic rings. The summed E-state index contributed by atoms with van der Waals surface area (Å²) in [5, 5.41) is 13.6. The lowest BCUT2D eigenvalue weighted by atomic mass is 10.00. The molecule has 112 valence electrons. The molecule has 0 radical (unpaired) electrons. The minimum absolute atomic E-state index is 0.278. The summed E-state index contributed by atoms with van der Waals surface area (Å²) in [6, 6.07) is 9.14. The van der Waals surface area contributed by atoms with Crippen LogP contribution in [0.15, 0.2) is 24.3 Å². The SMILES string of the molecule is CCCC(C)NCC(O)CN1CCc2ccccc2C1. The monoisotopic (exact) mass is 276 g/mol. The van der Waals surface area contributed by atoms with Crippen LogP contribution in [0.1, 0.15) is 37.8 Å². The van der Waals surface area contributed by atoms with Crippen LogP contribution in [0.3, 0.4) is 0 Å². The molecule has 2 rings (SSSR count). The van der Waals surface area contributed by atoms with E-state index < -0.39 is 0 Å². The Morgan fingerprint density at radius 2 is 2.05 bits per heavy atom. The van der Waals surface area contributed by atoms with Crippen LogP contribution in [-0.2, 0) is 13.0 Å². The maximum absolute atomic E-state index is 10.2. The first-order valence-electron chi connectivity index (χ1n) is 7.89. The number of aliphatic hydroxyl groups is 1. The Morgan fingerprint density at radius 1 is 1.30 bits per heavy atom. The molecule has 2 unspecified atom stereocenters. The molecule has 0 saturated heterocycles. The summed E-state index contributed by atoms with van der Waals surface area (Å²) in [5.74, 6) is 0. The molecule has 0 spiro atoms. The van der Waals surface area contributed by atoms with Crippen molar-refractivity contribution in [2.75, 3.05) is 19.6 Å². The lowest BCUT2D eigenvalue weighted by molar-refractivity contribution is 0.102. The van der Waals surface area contributed by atoms with Gasteiger partial charge in [0.15, 0.2) is 0 Å². The standard InChI is InChI=1S/C17H28N2O/c1-3-6-14(2)18-11-17(20)13-19-10-9-15-7-4-5-8-16(15)12-19/h4-5,7-8,14,17-18,20H,3,6,9-13H2,1-2H3. The first kappa shape index (κ1) is 15.5. The highest BCUT2D eigenvalue weighted by atomic mass is 16.3. The molecule has 20 heavy (non-hydrogen) atoms. The molecule has 3 heteroatoms. The Morgan fingerprint density at radius 3 is 2.80 bits per heavy atom. The number of hydrogen-bond acceptors (Lipinski definition) is 3. The van der Waals surface area contributed by atoms with Crippen LogP contribution in [0.2, 0.25) is 0 Å². The normalized spacial score (nSPS) is 18.6. The molecule has 2 atom stereocenters. The molecule has 1 aliphatic rings. The van der Waals surface area contributed by atoms with Gasteiger partial charge in [0.2, 0.25) is 0 Å². The van der Waals surface area contributed by atoms with Gasteiger partial charge in [-0.15, -0.1) is 0 Å². The van der Waals surface area contributed by atoms with Gasteiger partial charge in [-0.1, -0.05) is 37.6 Å². The zero-order valence-electron chi connectivity index (χ0n) is 12.8. The Labute approximate surface area is 123 Å². The molecule has 0 fully saturated rings. The van der Waals surface area contributed by atoms with E-state index in [0.717, 1.165) is 26.1 Å². The van der Waals surface area contributed by atoms with E-state index in [1.54, 1.807) is 0 Å². The van der Waals surface area contributed by atoms with Crippen molar-refractivity contribution < 1.29 is 5.11 Å². The quantitative estimate of drug-likeness (QED) is 0.801. The fraction of sp³-hybridized carbons (Fsp3) is 0.647. The number of hydrogen-bond donors (Lipinski definition) is 2. The fourth-order valence-corrected chi connectivity index (χ4v) is 2.94. The van der Waals surface area contributed by atoms with Gasteiger partial charge in [-0.25, -0.2) is 0 Å². The summed E-state index contributed by atoms with van der Waals surface area (Å²) >= 11 is 0. The van der Waals surface area contributed by atoms with Crippen molar-refractivity contribution in [2.24, 2.45) is 0 Å². The molecule has 1 aromatic carbocycles. The highest BCUT2D eigenvalue weighted by Crippen LogP contribution is 2.18. The Hall–Kier alpha value is -0.900. The topological polar surface area (TPSA) is 35.5 Å². The van der Waals surface area contributed by atoms with Gasteiger partial charge >= 0.3 is 0 Å². The van der Waals surface area contributed by atoms with E-state index in [0.29, 0.717) is 12.6 Å². The van der Waals surface area contributed by atoms with Gasteiger partial charge in [0.25, 0.3) is 0 Å². The smallest absolute Gasteiger partial charge is 0.0791 e. The van der Waals surface area contributed by atoms with Crippen molar-refractivity contribution >= 4 is 0 Å². The number of β-amino-alcohol motifs (C(OH)–C–C–N with tert-alkyl or cyclic N) is 1. The van der Waals surface area contributed by atoms with Crippen molar-refractivity contribution in [1.29, 1.82) is 0 Å². The maximum Gasteiger partial charge on any atom is 0.0791 e. The number of nitrogens with one attached hydrogen (secondary N) is 1. The van der Waals surface area contributed by atoms with Crippen LogP contribution >= 0.6 is 0 Å². The van der Waals surface area contributed by atoms with Crippen LogP contribution in [0, 0.1) is 0 Å². The molecule has 0 amide bonds. The molecule has 2 N–H and O–H groups in total. The first-order valence-corrected chi connectivity index (χ1v) is 7.89. The molecular weight excluding hydrogens is 248 g/mol. The number of aliphatic hydroxyl groups excluding tert-OH is 1. The third kappa shape index (κ3) is 4.58. The number of benzene rings is 1. The lowest BCUT2D eigenvalue weighted by Crippen LogP contribution is -2.42. The summed E-state index contributed by atoms with van der Waals surface area (Å²) in [5.41, 5.74) is 2.88. The first-order chi connectivity index (χ1) is 9.69. The highest BCUT2D eigenvalue weighted by molar-refractivity contribution is 5.29. The van der Waals surface area contributed by atoms with Crippen molar-refractivity contribution in [3.8, 4) is 0 Å². The molecule has 1 aliphatic heterocycles. The van der Waals surface area contributed by atoms with E-state index >= 15 is 0 Å². The second-order valence-corrected chi connectivity index (χ2v) is 6.01. The summed E-state index contributed by atoms with van der Waals surface area (Å²) in [7, 11) is 0. The van der Waals surface area contributed by atoms with E-state index in [1.807, 2.05) is 0 Å². The van der Waals surface area contributed by atoms with E-state index in [-0.39, 0.29) is 6.10 Å². The second-order valence-electron chi connectivity index (χ2n) is 6.01. The number of rotatable bonds is 7. The molecule has 0 bridgehead atoms. The number of fused-ring (bicyclic) bond motifs is 1. The summed E-state index contributed by atoms with van der Waals surface area (Å²) in [6.07, 6.45) is 3.18. The van der Waals surface area contributed by atoms with Gasteiger partial charge in [-0.2, -0.15) is 0 Å². The third-order valence-electron chi connectivity index (χ3n) is 4.10. The van der Waals surface area contributed by atoms with Gasteiger partial charge < -0.3 is 10.4 Å². The predicted octanol–water partition coefficient (Wildman–Crippen LogP) is 2.18. The van der Waals surface area contributed by atoms with E-state index in [4.69, 9.17) is 0 Å². The third-order valence-corrected chi connectivity index (χ3v) is 4.10. The molecule has 3 nitrogen and oxygen atoms in total. The van der Waals surface area contributed by atoms with E-state index in [1.165, 1.54) is 24.0 Å². The Kier molecular flexibility index (Phi) is 6.02. The van der Waals surface area contributed by atoms with Gasteiger partial charge in [0.05, 0.1) is 6.10 Å². The average molecular weight is 276 g/mol. The lowest BCUT2D eigenvalue weighted by Gasteiger charge is -2.30. The summed E-state index contributed by atoms with van der Waals surface area (Å²) in [4.78, 5) is 2.36. The molecule has 0 saturated carbocycles. The Balaban J connectivity index is 1.74. The zero-order chi connectivity index (χ0) is 14.4. The van der Waals surface area contributed by atoms with Gasteiger partial charge in [-0.05, 0) is 30.9 Å². The van der Waals surface area contributed by atoms with Crippen molar-refractivity contribution in [2.45, 2.75) is 51.8 Å². The van der Waals surface area contributed by atoms with Crippen LogP contribution in [0.5, 0.6) is 0 Å². The van der Waals surface area contributed by atoms with Gasteiger partial charge in [0, 0.05) is 32.2 Å². The molecule has 1 heterocycles. The number of nitrogens with zero attached hydrogens (tertiary/aromatic N) is 1. The minimum atomic E-state index is -0.278. The summed E-state index contributed by atoms with van der Waals surface area (Å²) in [6.45, 7) is 7.86.